The van der Waals surface area contributed by atoms with Crippen molar-refractivity contribution < 1.29 is 0 Å². The van der Waals surface area contributed by atoms with Gasteiger partial charge in [-0.1, -0.05) is 12.8 Å². The molecule has 0 radical (unpaired) electrons. The van der Waals surface area contributed by atoms with Crippen molar-refractivity contribution in [3.05, 3.63) is 0 Å². The zero-order valence-corrected chi connectivity index (χ0v) is 8.89. The summed E-state index contributed by atoms with van der Waals surface area (Å²) in [6.07, 6.45) is 8.16. The molecule has 1 fully saturated rings. The number of rotatable bonds is 8. The van der Waals surface area contributed by atoms with E-state index < -0.39 is 0 Å². The lowest BCUT2D eigenvalue weighted by Crippen LogP contribution is -2.20. The van der Waals surface area contributed by atoms with Crippen LogP contribution in [-0.4, -0.2) is 19.1 Å². The van der Waals surface area contributed by atoms with Crippen molar-refractivity contribution in [2.24, 2.45) is 11.7 Å². The van der Waals surface area contributed by atoms with Crippen LogP contribution in [0.25, 0.3) is 0 Å². The number of nitrogens with one attached hydrogen (secondary N) is 1. The predicted molar refractivity (Wildman–Crippen MR) is 57.7 cm³/mol. The highest BCUT2D eigenvalue weighted by Crippen LogP contribution is 2.33. The zero-order chi connectivity index (χ0) is 9.52. The van der Waals surface area contributed by atoms with Crippen LogP contribution in [0.4, 0.5) is 0 Å². The van der Waals surface area contributed by atoms with Crippen molar-refractivity contribution in [3.63, 3.8) is 0 Å². The Hall–Kier alpha value is -0.0800. The van der Waals surface area contributed by atoms with Gasteiger partial charge in [-0.15, -0.1) is 0 Å². The topological polar surface area (TPSA) is 38.0 Å². The molecule has 0 aromatic heterocycles. The molecule has 0 amide bonds. The molecule has 2 nitrogen and oxygen atoms in total. The van der Waals surface area contributed by atoms with E-state index in [1.807, 2.05) is 0 Å². The smallest absolute Gasteiger partial charge is 0.00109 e. The number of hydrogen-bond acceptors (Lipinski definition) is 2. The molecule has 0 aliphatic heterocycles. The Kier molecular flexibility index (Phi) is 5.40. The van der Waals surface area contributed by atoms with Crippen molar-refractivity contribution in [1.82, 2.24) is 5.32 Å². The van der Waals surface area contributed by atoms with E-state index in [-0.39, 0.29) is 0 Å². The molecule has 0 spiro atoms. The van der Waals surface area contributed by atoms with Crippen LogP contribution >= 0.6 is 0 Å². The van der Waals surface area contributed by atoms with E-state index in [0.717, 1.165) is 18.9 Å². The van der Waals surface area contributed by atoms with Crippen LogP contribution in [-0.2, 0) is 0 Å². The molecule has 3 N–H and O–H groups in total. The van der Waals surface area contributed by atoms with Gasteiger partial charge in [0, 0.05) is 6.04 Å². The third-order valence-electron chi connectivity index (χ3n) is 2.68. The average molecular weight is 184 g/mol. The molecule has 1 aliphatic carbocycles. The van der Waals surface area contributed by atoms with Gasteiger partial charge in [0.2, 0.25) is 0 Å². The Balaban J connectivity index is 1.68. The maximum absolute atomic E-state index is 5.65. The lowest BCUT2D eigenvalue weighted by atomic mass is 10.2. The highest BCUT2D eigenvalue weighted by molar-refractivity contribution is 4.72. The Labute approximate surface area is 82.3 Å². The molecule has 78 valence electrons. The van der Waals surface area contributed by atoms with Crippen molar-refractivity contribution in [3.8, 4) is 0 Å². The first kappa shape index (κ1) is 11.0. The molecule has 0 aromatic carbocycles. The number of hydrogen-bond donors (Lipinski definition) is 2. The fraction of sp³-hybridized carbons (Fsp3) is 1.00. The lowest BCUT2D eigenvalue weighted by Gasteiger charge is -2.06. The van der Waals surface area contributed by atoms with Gasteiger partial charge in [0.25, 0.3) is 0 Å². The first-order valence-electron chi connectivity index (χ1n) is 5.75. The van der Waals surface area contributed by atoms with Crippen molar-refractivity contribution >= 4 is 0 Å². The minimum atomic E-state index is 0.369. The number of nitrogens with two attached hydrogens (primary N) is 1. The van der Waals surface area contributed by atoms with Gasteiger partial charge in [0.15, 0.2) is 0 Å². The SMILES string of the molecule is CC(N)CCCNCCCC1CC1. The summed E-state index contributed by atoms with van der Waals surface area (Å²) in [7, 11) is 0. The third kappa shape index (κ3) is 7.03. The van der Waals surface area contributed by atoms with Gasteiger partial charge in [-0.05, 0) is 51.6 Å². The summed E-state index contributed by atoms with van der Waals surface area (Å²) in [6, 6.07) is 0.369. The Morgan fingerprint density at radius 2 is 2.00 bits per heavy atom. The first-order valence-corrected chi connectivity index (χ1v) is 5.75. The van der Waals surface area contributed by atoms with Crippen LogP contribution in [0.3, 0.4) is 0 Å². The van der Waals surface area contributed by atoms with E-state index in [4.69, 9.17) is 5.73 Å². The molecule has 0 saturated heterocycles. The summed E-state index contributed by atoms with van der Waals surface area (Å²) in [6.45, 7) is 4.43. The zero-order valence-electron chi connectivity index (χ0n) is 8.89. The van der Waals surface area contributed by atoms with Gasteiger partial charge >= 0.3 is 0 Å². The van der Waals surface area contributed by atoms with Gasteiger partial charge < -0.3 is 11.1 Å². The molecule has 0 bridgehead atoms. The summed E-state index contributed by atoms with van der Waals surface area (Å²) >= 11 is 0. The molecule has 2 heteroatoms. The summed E-state index contributed by atoms with van der Waals surface area (Å²) in [5.41, 5.74) is 5.65. The fourth-order valence-corrected chi connectivity index (χ4v) is 1.60. The van der Waals surface area contributed by atoms with Gasteiger partial charge in [0.1, 0.15) is 0 Å². The molecule has 0 aromatic rings. The average Bonchev–Trinajstić information content (AvgIpc) is 2.86. The summed E-state index contributed by atoms with van der Waals surface area (Å²) < 4.78 is 0. The summed E-state index contributed by atoms with van der Waals surface area (Å²) in [4.78, 5) is 0. The highest BCUT2D eigenvalue weighted by Gasteiger charge is 2.19. The lowest BCUT2D eigenvalue weighted by molar-refractivity contribution is 0.549. The van der Waals surface area contributed by atoms with Crippen LogP contribution in [0.15, 0.2) is 0 Å². The molecule has 1 atom stereocenters. The maximum Gasteiger partial charge on any atom is 0.00109 e. The van der Waals surface area contributed by atoms with Crippen LogP contribution in [0.1, 0.15) is 45.4 Å². The molecule has 0 heterocycles. The summed E-state index contributed by atoms with van der Waals surface area (Å²) in [5.74, 6) is 1.09. The quantitative estimate of drug-likeness (QED) is 0.565. The molecular weight excluding hydrogens is 160 g/mol. The Bertz CT molecular complexity index is 113. The van der Waals surface area contributed by atoms with Gasteiger partial charge in [-0.3, -0.25) is 0 Å². The highest BCUT2D eigenvalue weighted by atomic mass is 14.8. The third-order valence-corrected chi connectivity index (χ3v) is 2.68. The van der Waals surface area contributed by atoms with E-state index in [1.54, 1.807) is 0 Å². The van der Waals surface area contributed by atoms with E-state index in [2.05, 4.69) is 12.2 Å². The van der Waals surface area contributed by atoms with Gasteiger partial charge in [0.05, 0.1) is 0 Å². The largest absolute Gasteiger partial charge is 0.328 e. The molecule has 1 rings (SSSR count). The van der Waals surface area contributed by atoms with Crippen LogP contribution in [0.5, 0.6) is 0 Å². The predicted octanol–water partition coefficient (Wildman–Crippen LogP) is 1.89. The second kappa shape index (κ2) is 6.39. The van der Waals surface area contributed by atoms with E-state index in [1.165, 1.54) is 38.6 Å². The van der Waals surface area contributed by atoms with Gasteiger partial charge in [-0.2, -0.15) is 0 Å². The van der Waals surface area contributed by atoms with Crippen LogP contribution in [0, 0.1) is 5.92 Å². The van der Waals surface area contributed by atoms with Crippen molar-refractivity contribution in [1.29, 1.82) is 0 Å². The first-order chi connectivity index (χ1) is 6.29. The molecule has 1 unspecified atom stereocenters. The molecule has 13 heavy (non-hydrogen) atoms. The molecule has 1 aliphatic rings. The van der Waals surface area contributed by atoms with Crippen LogP contribution < -0.4 is 11.1 Å². The fourth-order valence-electron chi connectivity index (χ4n) is 1.60. The van der Waals surface area contributed by atoms with E-state index in [9.17, 15) is 0 Å². The monoisotopic (exact) mass is 184 g/mol. The second-order valence-electron chi connectivity index (χ2n) is 4.46. The van der Waals surface area contributed by atoms with Gasteiger partial charge in [-0.25, -0.2) is 0 Å². The normalized spacial score (nSPS) is 18.9. The van der Waals surface area contributed by atoms with E-state index >= 15 is 0 Å². The summed E-state index contributed by atoms with van der Waals surface area (Å²) in [5, 5.41) is 3.47. The Morgan fingerprint density at radius 1 is 1.31 bits per heavy atom. The van der Waals surface area contributed by atoms with Crippen molar-refractivity contribution in [2.75, 3.05) is 13.1 Å². The molecular formula is C11H24N2. The van der Waals surface area contributed by atoms with E-state index in [0.29, 0.717) is 6.04 Å². The van der Waals surface area contributed by atoms with Crippen molar-refractivity contribution in [2.45, 2.75) is 51.5 Å². The Morgan fingerprint density at radius 3 is 2.62 bits per heavy atom. The second-order valence-corrected chi connectivity index (χ2v) is 4.46. The minimum absolute atomic E-state index is 0.369. The molecule has 1 saturated carbocycles. The van der Waals surface area contributed by atoms with Crippen LogP contribution in [0.2, 0.25) is 0 Å². The maximum atomic E-state index is 5.65. The minimum Gasteiger partial charge on any atom is -0.328 e. The standard InChI is InChI=1S/C11H24N2/c1-10(12)4-2-8-13-9-3-5-11-6-7-11/h10-11,13H,2-9,12H2,1H3.